The van der Waals surface area contributed by atoms with Gasteiger partial charge in [-0.05, 0) is 53.9 Å². The van der Waals surface area contributed by atoms with E-state index in [9.17, 15) is 35.1 Å². The summed E-state index contributed by atoms with van der Waals surface area (Å²) in [6, 6.07) is 9.63. The summed E-state index contributed by atoms with van der Waals surface area (Å²) in [5.74, 6) is -1.68. The lowest BCUT2D eigenvalue weighted by Gasteiger charge is -2.53. The number of nitrogens with one attached hydrogen (secondary N) is 2. The van der Waals surface area contributed by atoms with Crippen molar-refractivity contribution in [2.75, 3.05) is 20.7 Å². The van der Waals surface area contributed by atoms with Crippen LogP contribution < -0.4 is 15.4 Å². The van der Waals surface area contributed by atoms with Gasteiger partial charge in [0.25, 0.3) is 11.8 Å². The fourth-order valence-corrected chi connectivity index (χ4v) is 3.97. The van der Waals surface area contributed by atoms with Crippen LogP contribution in [-0.2, 0) is 0 Å². The van der Waals surface area contributed by atoms with Gasteiger partial charge in [-0.3, -0.25) is 9.59 Å². The molecule has 2 aromatic carbocycles. The Balaban J connectivity index is 1.91. The zero-order valence-electron chi connectivity index (χ0n) is 18.4. The summed E-state index contributed by atoms with van der Waals surface area (Å²) >= 11 is 0. The first-order valence-corrected chi connectivity index (χ1v) is 10.3. The summed E-state index contributed by atoms with van der Waals surface area (Å²) in [4.78, 5) is 24.3. The van der Waals surface area contributed by atoms with Gasteiger partial charge in [-0.2, -0.15) is 0 Å². The minimum absolute atomic E-state index is 0.193. The summed E-state index contributed by atoms with van der Waals surface area (Å²) in [5, 5.41) is 55.0. The maximum atomic E-state index is 12.2. The second kappa shape index (κ2) is 9.46. The molecule has 1 fully saturated rings. The largest absolute Gasteiger partial charge is 0.462 e. The molecule has 1 saturated carbocycles. The fourth-order valence-electron chi connectivity index (χ4n) is 3.97. The Hall–Kier alpha value is -3.02. The molecule has 178 valence electrons. The lowest BCUT2D eigenvalue weighted by molar-refractivity contribution is -0.332. The molecule has 1 aliphatic rings. The van der Waals surface area contributed by atoms with E-state index in [1.165, 1.54) is 26.2 Å². The fraction of sp³-hybridized carbons (Fsp3) is 0.391. The van der Waals surface area contributed by atoms with E-state index in [0.29, 0.717) is 27.8 Å². The van der Waals surface area contributed by atoms with Crippen LogP contribution in [0.2, 0.25) is 0 Å². The van der Waals surface area contributed by atoms with Gasteiger partial charge in [0, 0.05) is 31.1 Å². The SMILES string of the molecule is CNC(=O)c1cc(C(=O)NC)cc(-c2ccc(OC(O)C3(O)C(O)C(O)C3CO)c(C)c2)c1. The third-order valence-corrected chi connectivity index (χ3v) is 6.05. The monoisotopic (exact) mass is 460 g/mol. The van der Waals surface area contributed by atoms with E-state index >= 15 is 0 Å². The summed E-state index contributed by atoms with van der Waals surface area (Å²) in [5.41, 5.74) is 0.187. The Morgan fingerprint density at radius 1 is 1.03 bits per heavy atom. The van der Waals surface area contributed by atoms with Crippen molar-refractivity contribution in [2.45, 2.75) is 31.0 Å². The minimum Gasteiger partial charge on any atom is -0.462 e. The van der Waals surface area contributed by atoms with E-state index in [0.717, 1.165) is 0 Å². The van der Waals surface area contributed by atoms with Crippen molar-refractivity contribution < 1.29 is 39.9 Å². The van der Waals surface area contributed by atoms with Gasteiger partial charge < -0.3 is 40.9 Å². The maximum Gasteiger partial charge on any atom is 0.251 e. The Bertz CT molecular complexity index is 1020. The third-order valence-electron chi connectivity index (χ3n) is 6.05. The highest BCUT2D eigenvalue weighted by molar-refractivity contribution is 6.01. The van der Waals surface area contributed by atoms with Crippen LogP contribution >= 0.6 is 0 Å². The second-order valence-corrected chi connectivity index (χ2v) is 8.02. The Morgan fingerprint density at radius 3 is 2.09 bits per heavy atom. The van der Waals surface area contributed by atoms with Gasteiger partial charge in [0.1, 0.15) is 11.9 Å². The van der Waals surface area contributed by atoms with Crippen molar-refractivity contribution in [3.8, 4) is 16.9 Å². The molecule has 33 heavy (non-hydrogen) atoms. The number of carbonyl (C=O) groups is 2. The van der Waals surface area contributed by atoms with Crippen LogP contribution in [-0.4, -0.2) is 82.1 Å². The van der Waals surface area contributed by atoms with Gasteiger partial charge in [0.2, 0.25) is 6.29 Å². The first-order chi connectivity index (χ1) is 15.6. The van der Waals surface area contributed by atoms with Gasteiger partial charge in [-0.1, -0.05) is 6.07 Å². The molecule has 0 bridgehead atoms. The number of rotatable bonds is 7. The first-order valence-electron chi connectivity index (χ1n) is 10.3. The maximum absolute atomic E-state index is 12.2. The van der Waals surface area contributed by atoms with E-state index in [2.05, 4.69) is 10.6 Å². The van der Waals surface area contributed by atoms with Crippen molar-refractivity contribution in [3.63, 3.8) is 0 Å². The molecule has 0 saturated heterocycles. The molecule has 5 atom stereocenters. The van der Waals surface area contributed by atoms with E-state index in [1.807, 2.05) is 0 Å². The van der Waals surface area contributed by atoms with Crippen LogP contribution in [0.1, 0.15) is 26.3 Å². The summed E-state index contributed by atoms with van der Waals surface area (Å²) in [6.07, 6.45) is -4.97. The average molecular weight is 460 g/mol. The van der Waals surface area contributed by atoms with Crippen molar-refractivity contribution >= 4 is 11.8 Å². The zero-order chi connectivity index (χ0) is 24.5. The normalized spacial score (nSPS) is 25.0. The highest BCUT2D eigenvalue weighted by atomic mass is 16.6. The molecule has 3 rings (SSSR count). The standard InChI is InChI=1S/C23H28N2O8/c1-11-6-12(13-7-14(20(29)24-2)9-15(8-13)21(30)25-3)4-5-17(11)33-22(31)23(32)16(10-26)18(27)19(23)28/h4-9,16,18-19,22,26-28,31-32H,10H2,1-3H3,(H,24,29)(H,25,30). The van der Waals surface area contributed by atoms with E-state index in [-0.39, 0.29) is 17.6 Å². The molecule has 2 amide bonds. The number of hydrogen-bond donors (Lipinski definition) is 7. The van der Waals surface area contributed by atoms with Crippen molar-refractivity contribution in [1.82, 2.24) is 10.6 Å². The van der Waals surface area contributed by atoms with Crippen LogP contribution in [0.25, 0.3) is 11.1 Å². The molecule has 10 nitrogen and oxygen atoms in total. The van der Waals surface area contributed by atoms with Crippen LogP contribution in [0.3, 0.4) is 0 Å². The molecule has 5 unspecified atom stereocenters. The number of benzene rings is 2. The quantitative estimate of drug-likeness (QED) is 0.262. The van der Waals surface area contributed by atoms with Gasteiger partial charge in [-0.25, -0.2) is 0 Å². The van der Waals surface area contributed by atoms with E-state index in [1.54, 1.807) is 31.2 Å². The smallest absolute Gasteiger partial charge is 0.251 e. The molecule has 10 heteroatoms. The molecule has 0 aromatic heterocycles. The van der Waals surface area contributed by atoms with Crippen molar-refractivity contribution in [2.24, 2.45) is 5.92 Å². The Labute approximate surface area is 190 Å². The number of aliphatic hydroxyl groups is 5. The molecule has 0 spiro atoms. The van der Waals surface area contributed by atoms with Gasteiger partial charge in [0.05, 0.1) is 12.7 Å². The molecule has 0 heterocycles. The van der Waals surface area contributed by atoms with Gasteiger partial charge in [0.15, 0.2) is 5.60 Å². The molecular weight excluding hydrogens is 432 g/mol. The molecule has 2 aromatic rings. The number of ether oxygens (including phenoxy) is 1. The van der Waals surface area contributed by atoms with Crippen LogP contribution in [0, 0.1) is 12.8 Å². The summed E-state index contributed by atoms with van der Waals surface area (Å²) in [6.45, 7) is 1.04. The van der Waals surface area contributed by atoms with Gasteiger partial charge in [-0.15, -0.1) is 0 Å². The third kappa shape index (κ3) is 4.31. The number of amides is 2. The van der Waals surface area contributed by atoms with Crippen molar-refractivity contribution in [1.29, 1.82) is 0 Å². The zero-order valence-corrected chi connectivity index (χ0v) is 18.4. The van der Waals surface area contributed by atoms with Gasteiger partial charge >= 0.3 is 0 Å². The molecular formula is C23H28N2O8. The minimum atomic E-state index is -2.23. The van der Waals surface area contributed by atoms with Crippen molar-refractivity contribution in [3.05, 3.63) is 53.1 Å². The number of aryl methyl sites for hydroxylation is 1. The average Bonchev–Trinajstić information content (AvgIpc) is 2.83. The molecule has 0 radical (unpaired) electrons. The predicted molar refractivity (Wildman–Crippen MR) is 118 cm³/mol. The highest BCUT2D eigenvalue weighted by Gasteiger charge is 2.65. The molecule has 0 aliphatic heterocycles. The lowest BCUT2D eigenvalue weighted by Crippen LogP contribution is -2.76. The highest BCUT2D eigenvalue weighted by Crippen LogP contribution is 2.42. The second-order valence-electron chi connectivity index (χ2n) is 8.02. The van der Waals surface area contributed by atoms with E-state index in [4.69, 9.17) is 4.74 Å². The topological polar surface area (TPSA) is 169 Å². The van der Waals surface area contributed by atoms with Crippen LogP contribution in [0.15, 0.2) is 36.4 Å². The predicted octanol–water partition coefficient (Wildman–Crippen LogP) is -0.847. The number of carbonyl (C=O) groups excluding carboxylic acids is 2. The summed E-state index contributed by atoms with van der Waals surface area (Å²) in [7, 11) is 2.98. The van der Waals surface area contributed by atoms with E-state index < -0.39 is 36.6 Å². The molecule has 1 aliphatic carbocycles. The lowest BCUT2D eigenvalue weighted by atomic mass is 9.64. The first kappa shape index (κ1) is 24.6. The number of aliphatic hydroxyl groups excluding tert-OH is 4. The number of hydrogen-bond acceptors (Lipinski definition) is 8. The summed E-state index contributed by atoms with van der Waals surface area (Å²) < 4.78 is 5.45. The van der Waals surface area contributed by atoms with Crippen LogP contribution in [0.5, 0.6) is 5.75 Å². The van der Waals surface area contributed by atoms with Crippen LogP contribution in [0.4, 0.5) is 0 Å². The molecule has 7 N–H and O–H groups in total. The Kier molecular flexibility index (Phi) is 7.06. The Morgan fingerprint density at radius 2 is 1.61 bits per heavy atom.